The first kappa shape index (κ1) is 20.1. The van der Waals surface area contributed by atoms with Gasteiger partial charge in [-0.05, 0) is 49.3 Å². The molecule has 154 valence electrons. The van der Waals surface area contributed by atoms with Crippen LogP contribution in [0.15, 0.2) is 60.7 Å². The molecule has 1 N–H and O–H groups in total. The van der Waals surface area contributed by atoms with Crippen molar-refractivity contribution in [2.24, 2.45) is 5.92 Å². The highest BCUT2D eigenvalue weighted by atomic mass is 16.2. The largest absolute Gasteiger partial charge is 0.373 e. The van der Waals surface area contributed by atoms with Crippen LogP contribution < -0.4 is 5.32 Å². The lowest BCUT2D eigenvalue weighted by Crippen LogP contribution is -2.39. The van der Waals surface area contributed by atoms with Crippen molar-refractivity contribution in [2.75, 3.05) is 25.5 Å². The summed E-state index contributed by atoms with van der Waals surface area (Å²) in [6.07, 6.45) is 2.93. The highest BCUT2D eigenvalue weighted by molar-refractivity contribution is 6.00. The number of anilines is 1. The molecule has 1 fully saturated rings. The number of nitrogens with zero attached hydrogens (tertiary/aromatic N) is 3. The van der Waals surface area contributed by atoms with Crippen LogP contribution in [0.5, 0.6) is 0 Å². The van der Waals surface area contributed by atoms with E-state index in [0.29, 0.717) is 5.92 Å². The molecule has 2 aromatic carbocycles. The fourth-order valence-electron chi connectivity index (χ4n) is 4.21. The minimum Gasteiger partial charge on any atom is -0.373 e. The number of aromatic nitrogens is 2. The molecule has 2 heterocycles. The Labute approximate surface area is 178 Å². The maximum absolute atomic E-state index is 13.3. The summed E-state index contributed by atoms with van der Waals surface area (Å²) < 4.78 is 0. The molecule has 3 aromatic rings. The van der Waals surface area contributed by atoms with E-state index >= 15 is 0 Å². The predicted molar refractivity (Wildman–Crippen MR) is 121 cm³/mol. The maximum atomic E-state index is 13.3. The van der Waals surface area contributed by atoms with E-state index in [1.54, 1.807) is 0 Å². The van der Waals surface area contributed by atoms with Crippen LogP contribution in [0.2, 0.25) is 0 Å². The molecule has 0 atom stereocenters. The molecule has 1 aliphatic heterocycles. The lowest BCUT2D eigenvalue weighted by atomic mass is 9.91. The number of benzene rings is 2. The number of hydrogen-bond donors (Lipinski definition) is 1. The molecule has 5 heteroatoms. The monoisotopic (exact) mass is 400 g/mol. The first-order valence-corrected chi connectivity index (χ1v) is 10.6. The van der Waals surface area contributed by atoms with E-state index in [1.165, 1.54) is 0 Å². The van der Waals surface area contributed by atoms with Crippen LogP contribution >= 0.6 is 0 Å². The van der Waals surface area contributed by atoms with Crippen molar-refractivity contribution < 1.29 is 4.79 Å². The smallest absolute Gasteiger partial charge is 0.254 e. The van der Waals surface area contributed by atoms with Gasteiger partial charge in [0.25, 0.3) is 5.91 Å². The predicted octanol–water partition coefficient (Wildman–Crippen LogP) is 4.59. The third-order valence-electron chi connectivity index (χ3n) is 5.79. The number of likely N-dealkylation sites (tertiary alicyclic amines) is 1. The van der Waals surface area contributed by atoms with Crippen molar-refractivity contribution >= 4 is 11.7 Å². The standard InChI is InChI=1S/C25H28N4O/c1-18-27-21(17-24(26-2)28-18)16-19-12-14-29(15-13-19)25(30)23-11-7-6-10-22(23)20-8-4-3-5-9-20/h3-11,17,19H,12-16H2,1-2H3,(H,26,27,28). The summed E-state index contributed by atoms with van der Waals surface area (Å²) in [5, 5.41) is 3.10. The molecule has 4 rings (SSSR count). The van der Waals surface area contributed by atoms with E-state index in [4.69, 9.17) is 0 Å². The fourth-order valence-corrected chi connectivity index (χ4v) is 4.21. The molecule has 0 spiro atoms. The summed E-state index contributed by atoms with van der Waals surface area (Å²) in [6.45, 7) is 3.50. The van der Waals surface area contributed by atoms with E-state index in [1.807, 2.05) is 67.4 Å². The van der Waals surface area contributed by atoms with Crippen LogP contribution in [0.25, 0.3) is 11.1 Å². The molecule has 0 saturated carbocycles. The van der Waals surface area contributed by atoms with Gasteiger partial charge in [-0.2, -0.15) is 0 Å². The summed E-state index contributed by atoms with van der Waals surface area (Å²) in [5.41, 5.74) is 3.94. The molecule has 1 aliphatic rings. The van der Waals surface area contributed by atoms with Crippen molar-refractivity contribution in [1.29, 1.82) is 0 Å². The molecule has 1 amide bonds. The van der Waals surface area contributed by atoms with Crippen LogP contribution in [0, 0.1) is 12.8 Å². The molecule has 0 bridgehead atoms. The molecule has 0 radical (unpaired) electrons. The van der Waals surface area contributed by atoms with Crippen molar-refractivity contribution in [3.8, 4) is 11.1 Å². The van der Waals surface area contributed by atoms with Gasteiger partial charge in [-0.25, -0.2) is 9.97 Å². The first-order chi connectivity index (χ1) is 14.6. The van der Waals surface area contributed by atoms with Gasteiger partial charge in [0, 0.05) is 37.5 Å². The van der Waals surface area contributed by atoms with E-state index in [9.17, 15) is 4.79 Å². The number of amides is 1. The zero-order valence-corrected chi connectivity index (χ0v) is 17.6. The Morgan fingerprint density at radius 1 is 1.03 bits per heavy atom. The van der Waals surface area contributed by atoms with Crippen molar-refractivity contribution in [3.63, 3.8) is 0 Å². The number of carbonyl (C=O) groups is 1. The average molecular weight is 401 g/mol. The van der Waals surface area contributed by atoms with Crippen molar-refractivity contribution in [1.82, 2.24) is 14.9 Å². The molecule has 30 heavy (non-hydrogen) atoms. The van der Waals surface area contributed by atoms with Gasteiger partial charge in [0.1, 0.15) is 11.6 Å². The second-order valence-corrected chi connectivity index (χ2v) is 7.89. The Morgan fingerprint density at radius 3 is 2.47 bits per heavy atom. The molecular formula is C25H28N4O. The van der Waals surface area contributed by atoms with Gasteiger partial charge in [-0.1, -0.05) is 48.5 Å². The van der Waals surface area contributed by atoms with Crippen LogP contribution in [-0.4, -0.2) is 40.9 Å². The zero-order chi connectivity index (χ0) is 20.9. The summed E-state index contributed by atoms with van der Waals surface area (Å²) >= 11 is 0. The van der Waals surface area contributed by atoms with Gasteiger partial charge < -0.3 is 10.2 Å². The Hall–Kier alpha value is -3.21. The number of nitrogens with one attached hydrogen (secondary N) is 1. The molecule has 1 aromatic heterocycles. The summed E-state index contributed by atoms with van der Waals surface area (Å²) in [5.74, 6) is 2.32. The minimum absolute atomic E-state index is 0.128. The summed E-state index contributed by atoms with van der Waals surface area (Å²) in [6, 6.07) is 20.1. The highest BCUT2D eigenvalue weighted by Gasteiger charge is 2.25. The topological polar surface area (TPSA) is 58.1 Å². The number of piperidine rings is 1. The highest BCUT2D eigenvalue weighted by Crippen LogP contribution is 2.27. The van der Waals surface area contributed by atoms with Crippen molar-refractivity contribution in [2.45, 2.75) is 26.2 Å². The van der Waals surface area contributed by atoms with E-state index in [-0.39, 0.29) is 5.91 Å². The molecule has 5 nitrogen and oxygen atoms in total. The second kappa shape index (κ2) is 9.08. The van der Waals surface area contributed by atoms with E-state index in [2.05, 4.69) is 27.4 Å². The fraction of sp³-hybridized carbons (Fsp3) is 0.320. The van der Waals surface area contributed by atoms with Crippen LogP contribution in [0.3, 0.4) is 0 Å². The first-order valence-electron chi connectivity index (χ1n) is 10.6. The lowest BCUT2D eigenvalue weighted by molar-refractivity contribution is 0.0691. The minimum atomic E-state index is 0.128. The van der Waals surface area contributed by atoms with Crippen LogP contribution in [0.4, 0.5) is 5.82 Å². The normalized spacial score (nSPS) is 14.5. The van der Waals surface area contributed by atoms with Crippen LogP contribution in [0.1, 0.15) is 34.7 Å². The van der Waals surface area contributed by atoms with E-state index in [0.717, 1.165) is 66.4 Å². The van der Waals surface area contributed by atoms with Gasteiger partial charge >= 0.3 is 0 Å². The van der Waals surface area contributed by atoms with Gasteiger partial charge in [-0.15, -0.1) is 0 Å². The number of rotatable bonds is 5. The summed E-state index contributed by atoms with van der Waals surface area (Å²) in [4.78, 5) is 24.3. The van der Waals surface area contributed by atoms with Crippen molar-refractivity contribution in [3.05, 3.63) is 77.7 Å². The maximum Gasteiger partial charge on any atom is 0.254 e. The van der Waals surface area contributed by atoms with Crippen LogP contribution in [-0.2, 0) is 6.42 Å². The quantitative estimate of drug-likeness (QED) is 0.681. The molecule has 1 saturated heterocycles. The SMILES string of the molecule is CNc1cc(CC2CCN(C(=O)c3ccccc3-c3ccccc3)CC2)nc(C)n1. The zero-order valence-electron chi connectivity index (χ0n) is 17.6. The Kier molecular flexibility index (Phi) is 6.07. The Balaban J connectivity index is 1.43. The molecule has 0 aliphatic carbocycles. The Bertz CT molecular complexity index is 1010. The molecule has 0 unspecified atom stereocenters. The van der Waals surface area contributed by atoms with E-state index < -0.39 is 0 Å². The average Bonchev–Trinajstić information content (AvgIpc) is 2.79. The Morgan fingerprint density at radius 2 is 1.73 bits per heavy atom. The lowest BCUT2D eigenvalue weighted by Gasteiger charge is -2.32. The third kappa shape index (κ3) is 4.51. The number of carbonyl (C=O) groups excluding carboxylic acids is 1. The number of hydrogen-bond acceptors (Lipinski definition) is 4. The number of aryl methyl sites for hydroxylation is 1. The third-order valence-corrected chi connectivity index (χ3v) is 5.79. The van der Waals surface area contributed by atoms with Gasteiger partial charge in [0.15, 0.2) is 0 Å². The van der Waals surface area contributed by atoms with Gasteiger partial charge in [0.05, 0.1) is 0 Å². The second-order valence-electron chi connectivity index (χ2n) is 7.89. The summed E-state index contributed by atoms with van der Waals surface area (Å²) in [7, 11) is 1.88. The van der Waals surface area contributed by atoms with Gasteiger partial charge in [-0.3, -0.25) is 4.79 Å². The molecular weight excluding hydrogens is 372 g/mol. The van der Waals surface area contributed by atoms with Gasteiger partial charge in [0.2, 0.25) is 0 Å².